The second-order valence-electron chi connectivity index (χ2n) is 4.68. The fourth-order valence-corrected chi connectivity index (χ4v) is 2.64. The number of nitrogens with zero attached hydrogens (tertiary/aromatic N) is 1. The van der Waals surface area contributed by atoms with E-state index < -0.39 is 0 Å². The van der Waals surface area contributed by atoms with Crippen LogP contribution in [0.2, 0.25) is 0 Å². The first-order valence-corrected chi connectivity index (χ1v) is 6.89. The molecule has 1 N–H and O–H groups in total. The fraction of sp³-hybridized carbons (Fsp3) is 0.615. The van der Waals surface area contributed by atoms with Crippen LogP contribution in [0.1, 0.15) is 38.3 Å². The van der Waals surface area contributed by atoms with Gasteiger partial charge in [-0.1, -0.05) is 12.8 Å². The molecule has 16 heavy (non-hydrogen) atoms. The molecule has 0 aliphatic heterocycles. The van der Waals surface area contributed by atoms with Crippen molar-refractivity contribution in [2.45, 2.75) is 45.2 Å². The smallest absolute Gasteiger partial charge is 0.0542 e. The zero-order valence-electron chi connectivity index (χ0n) is 9.75. The molecule has 1 aromatic heterocycles. The molecular weight excluding hydrogens is 264 g/mol. The second kappa shape index (κ2) is 5.78. The molecule has 1 atom stereocenters. The van der Waals surface area contributed by atoms with Gasteiger partial charge in [0.05, 0.1) is 5.69 Å². The van der Waals surface area contributed by atoms with Crippen molar-refractivity contribution >= 4 is 15.9 Å². The SMILES string of the molecule is C[C@@H](NCc1ccc(Br)cn1)C1CCCC1. The Morgan fingerprint density at radius 2 is 2.19 bits per heavy atom. The van der Waals surface area contributed by atoms with Gasteiger partial charge in [0, 0.05) is 23.3 Å². The summed E-state index contributed by atoms with van der Waals surface area (Å²) in [7, 11) is 0. The molecular formula is C13H19BrN2. The molecule has 1 aliphatic carbocycles. The van der Waals surface area contributed by atoms with Crippen molar-refractivity contribution in [3.05, 3.63) is 28.5 Å². The lowest BCUT2D eigenvalue weighted by molar-refractivity contribution is 0.379. The van der Waals surface area contributed by atoms with E-state index in [1.807, 2.05) is 12.3 Å². The van der Waals surface area contributed by atoms with Crippen molar-refractivity contribution in [2.24, 2.45) is 5.92 Å². The number of aromatic nitrogens is 1. The summed E-state index contributed by atoms with van der Waals surface area (Å²) in [5.74, 6) is 0.871. The molecule has 1 aliphatic rings. The zero-order chi connectivity index (χ0) is 11.4. The van der Waals surface area contributed by atoms with Gasteiger partial charge in [0.2, 0.25) is 0 Å². The molecule has 0 radical (unpaired) electrons. The summed E-state index contributed by atoms with van der Waals surface area (Å²) in [5.41, 5.74) is 1.12. The molecule has 3 heteroatoms. The Balaban J connectivity index is 1.80. The fourth-order valence-electron chi connectivity index (χ4n) is 2.40. The maximum Gasteiger partial charge on any atom is 0.0542 e. The predicted octanol–water partition coefficient (Wildman–Crippen LogP) is 3.51. The summed E-state index contributed by atoms with van der Waals surface area (Å²) in [6.07, 6.45) is 7.46. The van der Waals surface area contributed by atoms with Gasteiger partial charge in [-0.15, -0.1) is 0 Å². The molecule has 2 nitrogen and oxygen atoms in total. The number of pyridine rings is 1. The van der Waals surface area contributed by atoms with Gasteiger partial charge >= 0.3 is 0 Å². The minimum Gasteiger partial charge on any atom is -0.308 e. The van der Waals surface area contributed by atoms with Gasteiger partial charge in [-0.2, -0.15) is 0 Å². The largest absolute Gasteiger partial charge is 0.308 e. The Morgan fingerprint density at radius 3 is 2.81 bits per heavy atom. The van der Waals surface area contributed by atoms with Crippen molar-refractivity contribution in [1.82, 2.24) is 10.3 Å². The highest BCUT2D eigenvalue weighted by molar-refractivity contribution is 9.10. The average molecular weight is 283 g/mol. The van der Waals surface area contributed by atoms with Crippen LogP contribution in [-0.2, 0) is 6.54 Å². The monoisotopic (exact) mass is 282 g/mol. The van der Waals surface area contributed by atoms with Crippen molar-refractivity contribution in [3.63, 3.8) is 0 Å². The van der Waals surface area contributed by atoms with E-state index in [0.717, 1.165) is 22.6 Å². The Morgan fingerprint density at radius 1 is 1.44 bits per heavy atom. The third-order valence-corrected chi connectivity index (χ3v) is 3.97. The molecule has 0 amide bonds. The topological polar surface area (TPSA) is 24.9 Å². The van der Waals surface area contributed by atoms with Gasteiger partial charge in [0.1, 0.15) is 0 Å². The van der Waals surface area contributed by atoms with Crippen LogP contribution in [-0.4, -0.2) is 11.0 Å². The van der Waals surface area contributed by atoms with Gasteiger partial charge in [-0.25, -0.2) is 0 Å². The normalized spacial score (nSPS) is 18.9. The highest BCUT2D eigenvalue weighted by Crippen LogP contribution is 2.27. The van der Waals surface area contributed by atoms with Crippen molar-refractivity contribution in [2.75, 3.05) is 0 Å². The summed E-state index contributed by atoms with van der Waals surface area (Å²) in [6.45, 7) is 3.18. The van der Waals surface area contributed by atoms with Crippen LogP contribution in [0.4, 0.5) is 0 Å². The van der Waals surface area contributed by atoms with Crippen molar-refractivity contribution in [1.29, 1.82) is 0 Å². The maximum absolute atomic E-state index is 4.37. The lowest BCUT2D eigenvalue weighted by Crippen LogP contribution is -2.31. The summed E-state index contributed by atoms with van der Waals surface area (Å²) >= 11 is 3.40. The average Bonchev–Trinajstić information content (AvgIpc) is 2.81. The van der Waals surface area contributed by atoms with Gasteiger partial charge in [-0.3, -0.25) is 4.98 Å². The third-order valence-electron chi connectivity index (χ3n) is 3.50. The van der Waals surface area contributed by atoms with Crippen LogP contribution in [0.15, 0.2) is 22.8 Å². The van der Waals surface area contributed by atoms with Crippen LogP contribution < -0.4 is 5.32 Å². The Kier molecular flexibility index (Phi) is 4.36. The quantitative estimate of drug-likeness (QED) is 0.914. The summed E-state index contributed by atoms with van der Waals surface area (Å²) in [4.78, 5) is 4.37. The van der Waals surface area contributed by atoms with Crippen LogP contribution in [0, 0.1) is 5.92 Å². The first-order valence-electron chi connectivity index (χ1n) is 6.09. The lowest BCUT2D eigenvalue weighted by Gasteiger charge is -2.20. The van der Waals surface area contributed by atoms with E-state index in [4.69, 9.17) is 0 Å². The number of halogens is 1. The highest BCUT2D eigenvalue weighted by Gasteiger charge is 2.20. The van der Waals surface area contributed by atoms with Gasteiger partial charge in [0.15, 0.2) is 0 Å². The van der Waals surface area contributed by atoms with Crippen LogP contribution >= 0.6 is 15.9 Å². The van der Waals surface area contributed by atoms with E-state index in [0.29, 0.717) is 6.04 Å². The Hall–Kier alpha value is -0.410. The molecule has 0 saturated heterocycles. The molecule has 1 saturated carbocycles. The number of rotatable bonds is 4. The second-order valence-corrected chi connectivity index (χ2v) is 5.60. The molecule has 1 heterocycles. The summed E-state index contributed by atoms with van der Waals surface area (Å²) in [6, 6.07) is 4.73. The van der Waals surface area contributed by atoms with E-state index >= 15 is 0 Å². The van der Waals surface area contributed by atoms with E-state index in [1.165, 1.54) is 25.7 Å². The summed E-state index contributed by atoms with van der Waals surface area (Å²) < 4.78 is 1.04. The van der Waals surface area contributed by atoms with E-state index in [-0.39, 0.29) is 0 Å². The maximum atomic E-state index is 4.37. The molecule has 1 fully saturated rings. The Bertz CT molecular complexity index is 317. The lowest BCUT2D eigenvalue weighted by atomic mass is 10.00. The van der Waals surface area contributed by atoms with Gasteiger partial charge in [-0.05, 0) is 53.7 Å². The van der Waals surface area contributed by atoms with Crippen LogP contribution in [0.3, 0.4) is 0 Å². The first-order chi connectivity index (χ1) is 7.75. The molecule has 0 unspecified atom stereocenters. The minimum atomic E-state index is 0.618. The summed E-state index contributed by atoms with van der Waals surface area (Å²) in [5, 5.41) is 3.58. The first kappa shape index (κ1) is 12.1. The zero-order valence-corrected chi connectivity index (χ0v) is 11.3. The van der Waals surface area contributed by atoms with Crippen molar-refractivity contribution < 1.29 is 0 Å². The van der Waals surface area contributed by atoms with Crippen LogP contribution in [0.5, 0.6) is 0 Å². The molecule has 0 spiro atoms. The van der Waals surface area contributed by atoms with Crippen LogP contribution in [0.25, 0.3) is 0 Å². The predicted molar refractivity (Wildman–Crippen MR) is 70.2 cm³/mol. The number of hydrogen-bond donors (Lipinski definition) is 1. The number of hydrogen-bond acceptors (Lipinski definition) is 2. The Labute approximate surface area is 106 Å². The minimum absolute atomic E-state index is 0.618. The molecule has 88 valence electrons. The van der Waals surface area contributed by atoms with E-state index in [2.05, 4.69) is 39.2 Å². The van der Waals surface area contributed by atoms with E-state index in [1.54, 1.807) is 0 Å². The molecule has 0 bridgehead atoms. The van der Waals surface area contributed by atoms with Crippen molar-refractivity contribution in [3.8, 4) is 0 Å². The number of nitrogens with one attached hydrogen (secondary N) is 1. The third kappa shape index (κ3) is 3.29. The molecule has 0 aromatic carbocycles. The van der Waals surface area contributed by atoms with Gasteiger partial charge in [0.25, 0.3) is 0 Å². The van der Waals surface area contributed by atoms with E-state index in [9.17, 15) is 0 Å². The molecule has 2 rings (SSSR count). The highest BCUT2D eigenvalue weighted by atomic mass is 79.9. The molecule has 1 aromatic rings. The standard InChI is InChI=1S/C13H19BrN2/c1-10(11-4-2-3-5-11)15-9-13-7-6-12(14)8-16-13/h6-8,10-11,15H,2-5,9H2,1H3/t10-/m1/s1. The van der Waals surface area contributed by atoms with Gasteiger partial charge < -0.3 is 5.32 Å².